The number of hydrogen-bond acceptors (Lipinski definition) is 2. The molecule has 3 heterocycles. The summed E-state index contributed by atoms with van der Waals surface area (Å²) in [7, 11) is 0. The number of hydrogen-bond donors (Lipinski definition) is 0. The van der Waals surface area contributed by atoms with Crippen molar-refractivity contribution in [3.8, 4) is 23.0 Å². The highest BCUT2D eigenvalue weighted by Gasteiger charge is 2.19. The number of benzene rings is 5. The maximum atomic E-state index is 5.28. The van der Waals surface area contributed by atoms with Crippen molar-refractivity contribution in [1.82, 2.24) is 19.1 Å². The van der Waals surface area contributed by atoms with E-state index >= 15 is 0 Å². The molecule has 0 saturated carbocycles. The van der Waals surface area contributed by atoms with E-state index in [1.807, 2.05) is 0 Å². The van der Waals surface area contributed by atoms with Gasteiger partial charge in [-0.1, -0.05) is 96.6 Å². The Kier molecular flexibility index (Phi) is 4.70. The van der Waals surface area contributed by atoms with E-state index in [-0.39, 0.29) is 0 Å². The van der Waals surface area contributed by atoms with Crippen LogP contribution in [-0.4, -0.2) is 19.1 Å². The maximum absolute atomic E-state index is 5.28. The van der Waals surface area contributed by atoms with Crippen LogP contribution in [0.2, 0.25) is 0 Å². The second-order valence-corrected chi connectivity index (χ2v) is 10.0. The van der Waals surface area contributed by atoms with Crippen LogP contribution in [0.5, 0.6) is 0 Å². The number of fused-ring (bicyclic) bond motifs is 6. The molecule has 8 aromatic rings. The first-order valence-electron chi connectivity index (χ1n) is 13.2. The van der Waals surface area contributed by atoms with Crippen LogP contribution < -0.4 is 0 Å². The minimum absolute atomic E-state index is 0.656. The summed E-state index contributed by atoms with van der Waals surface area (Å²) in [6.07, 6.45) is 0. The van der Waals surface area contributed by atoms with Gasteiger partial charge in [-0.3, -0.25) is 9.13 Å². The van der Waals surface area contributed by atoms with Gasteiger partial charge in [0.25, 0.3) is 0 Å². The van der Waals surface area contributed by atoms with E-state index in [4.69, 9.17) is 9.97 Å². The van der Waals surface area contributed by atoms with E-state index < -0.39 is 0 Å². The Labute approximate surface area is 225 Å². The summed E-state index contributed by atoms with van der Waals surface area (Å²) in [5.41, 5.74) is 7.59. The molecule has 0 aliphatic heterocycles. The first-order chi connectivity index (χ1) is 19.3. The molecule has 0 atom stereocenters. The monoisotopic (exact) mass is 500 g/mol. The van der Waals surface area contributed by atoms with E-state index in [9.17, 15) is 0 Å². The summed E-state index contributed by atoms with van der Waals surface area (Å²) in [6, 6.07) is 44.7. The fourth-order valence-electron chi connectivity index (χ4n) is 5.90. The standard InChI is InChI=1S/C35H24N4/c1-23-11-10-12-24(21-23)29-22-34(38-30-17-6-2-13-25(30)26-14-3-7-18-31(26)38)37-35(36-29)39-32-19-8-4-15-27(32)28-16-5-9-20-33(28)39/h2-22H,1H3. The molecule has 3 aromatic heterocycles. The maximum Gasteiger partial charge on any atom is 0.237 e. The molecule has 0 fully saturated rings. The Balaban J connectivity index is 1.51. The lowest BCUT2D eigenvalue weighted by atomic mass is 10.1. The van der Waals surface area contributed by atoms with Gasteiger partial charge in [0.1, 0.15) is 5.82 Å². The van der Waals surface area contributed by atoms with Crippen molar-refractivity contribution in [3.05, 3.63) is 133 Å². The normalized spacial score (nSPS) is 11.7. The number of aryl methyl sites for hydroxylation is 1. The first-order valence-corrected chi connectivity index (χ1v) is 13.2. The fourth-order valence-corrected chi connectivity index (χ4v) is 5.90. The Morgan fingerprint density at radius 2 is 0.949 bits per heavy atom. The van der Waals surface area contributed by atoms with Crippen molar-refractivity contribution in [2.24, 2.45) is 0 Å². The summed E-state index contributed by atoms with van der Waals surface area (Å²) in [5.74, 6) is 1.50. The second-order valence-electron chi connectivity index (χ2n) is 10.0. The van der Waals surface area contributed by atoms with Gasteiger partial charge < -0.3 is 0 Å². The topological polar surface area (TPSA) is 35.6 Å². The van der Waals surface area contributed by atoms with Gasteiger partial charge in [-0.2, -0.15) is 4.98 Å². The molecule has 0 unspecified atom stereocenters. The van der Waals surface area contributed by atoms with Gasteiger partial charge in [-0.25, -0.2) is 4.98 Å². The van der Waals surface area contributed by atoms with Crippen molar-refractivity contribution in [3.63, 3.8) is 0 Å². The van der Waals surface area contributed by atoms with Crippen LogP contribution in [0.15, 0.2) is 127 Å². The van der Waals surface area contributed by atoms with E-state index in [1.165, 1.54) is 27.1 Å². The smallest absolute Gasteiger partial charge is 0.237 e. The highest BCUT2D eigenvalue weighted by Crippen LogP contribution is 2.35. The molecule has 5 aromatic carbocycles. The molecule has 0 amide bonds. The molecule has 39 heavy (non-hydrogen) atoms. The minimum Gasteiger partial charge on any atom is -0.294 e. The third-order valence-electron chi connectivity index (χ3n) is 7.60. The minimum atomic E-state index is 0.656. The summed E-state index contributed by atoms with van der Waals surface area (Å²) >= 11 is 0. The molecule has 8 rings (SSSR count). The van der Waals surface area contributed by atoms with Gasteiger partial charge in [0, 0.05) is 33.2 Å². The Bertz CT molecular complexity index is 1960. The lowest BCUT2D eigenvalue weighted by Gasteiger charge is -2.14. The summed E-state index contributed by atoms with van der Waals surface area (Å²) in [6.45, 7) is 2.12. The number of para-hydroxylation sites is 4. The van der Waals surface area contributed by atoms with E-state index in [2.05, 4.69) is 143 Å². The first kappa shape index (κ1) is 21.8. The molecule has 0 bridgehead atoms. The molecule has 0 N–H and O–H groups in total. The third kappa shape index (κ3) is 3.32. The van der Waals surface area contributed by atoms with Gasteiger partial charge in [0.2, 0.25) is 5.95 Å². The van der Waals surface area contributed by atoms with Crippen LogP contribution in [0.25, 0.3) is 66.6 Å². The van der Waals surface area contributed by atoms with Crippen molar-refractivity contribution >= 4 is 43.6 Å². The number of aromatic nitrogens is 4. The quantitative estimate of drug-likeness (QED) is 0.243. The average Bonchev–Trinajstić information content (AvgIpc) is 3.50. The third-order valence-corrected chi connectivity index (χ3v) is 7.60. The van der Waals surface area contributed by atoms with Crippen molar-refractivity contribution in [1.29, 1.82) is 0 Å². The summed E-state index contributed by atoms with van der Waals surface area (Å²) < 4.78 is 4.46. The molecule has 0 saturated heterocycles. The van der Waals surface area contributed by atoms with Crippen LogP contribution >= 0.6 is 0 Å². The highest BCUT2D eigenvalue weighted by atomic mass is 15.2. The van der Waals surface area contributed by atoms with Crippen molar-refractivity contribution in [2.75, 3.05) is 0 Å². The van der Waals surface area contributed by atoms with E-state index in [1.54, 1.807) is 0 Å². The van der Waals surface area contributed by atoms with Crippen LogP contribution in [0.1, 0.15) is 5.56 Å². The number of nitrogens with zero attached hydrogens (tertiary/aromatic N) is 4. The van der Waals surface area contributed by atoms with E-state index in [0.717, 1.165) is 39.1 Å². The molecule has 4 nitrogen and oxygen atoms in total. The SMILES string of the molecule is Cc1cccc(-c2cc(-n3c4ccccc4c4ccccc43)nc(-n3c4ccccc4c4ccccc43)n2)c1. The van der Waals surface area contributed by atoms with Crippen molar-refractivity contribution < 1.29 is 0 Å². The molecule has 184 valence electrons. The zero-order chi connectivity index (χ0) is 25.9. The molecule has 0 spiro atoms. The average molecular weight is 501 g/mol. The largest absolute Gasteiger partial charge is 0.294 e. The summed E-state index contributed by atoms with van der Waals surface area (Å²) in [4.78, 5) is 10.5. The van der Waals surface area contributed by atoms with Gasteiger partial charge in [-0.05, 0) is 37.3 Å². The van der Waals surface area contributed by atoms with Gasteiger partial charge in [0.05, 0.1) is 27.8 Å². The second kappa shape index (κ2) is 8.40. The van der Waals surface area contributed by atoms with Crippen molar-refractivity contribution in [2.45, 2.75) is 6.92 Å². The Morgan fingerprint density at radius 3 is 1.46 bits per heavy atom. The van der Waals surface area contributed by atoms with Crippen LogP contribution in [0.3, 0.4) is 0 Å². The summed E-state index contributed by atoms with van der Waals surface area (Å²) in [5, 5.41) is 4.80. The Hall–Kier alpha value is -5.22. The van der Waals surface area contributed by atoms with Gasteiger partial charge >= 0.3 is 0 Å². The Morgan fingerprint density at radius 1 is 0.462 bits per heavy atom. The van der Waals surface area contributed by atoms with Crippen LogP contribution in [0.4, 0.5) is 0 Å². The predicted molar refractivity (Wildman–Crippen MR) is 161 cm³/mol. The fraction of sp³-hybridized carbons (Fsp3) is 0.0286. The van der Waals surface area contributed by atoms with Gasteiger partial charge in [0.15, 0.2) is 0 Å². The number of rotatable bonds is 3. The molecule has 4 heteroatoms. The van der Waals surface area contributed by atoms with Crippen LogP contribution in [0, 0.1) is 6.92 Å². The molecular formula is C35H24N4. The van der Waals surface area contributed by atoms with Crippen LogP contribution in [-0.2, 0) is 0 Å². The zero-order valence-corrected chi connectivity index (χ0v) is 21.4. The lowest BCUT2D eigenvalue weighted by molar-refractivity contribution is 0.952. The molecule has 0 aliphatic carbocycles. The molecular weight excluding hydrogens is 476 g/mol. The molecule has 0 aliphatic rings. The van der Waals surface area contributed by atoms with Gasteiger partial charge in [-0.15, -0.1) is 0 Å². The zero-order valence-electron chi connectivity index (χ0n) is 21.4. The molecule has 0 radical (unpaired) electrons. The van der Waals surface area contributed by atoms with E-state index in [0.29, 0.717) is 5.95 Å². The predicted octanol–water partition coefficient (Wildman–Crippen LogP) is 8.65. The lowest BCUT2D eigenvalue weighted by Crippen LogP contribution is -2.07. The highest BCUT2D eigenvalue weighted by molar-refractivity contribution is 6.10.